The van der Waals surface area contributed by atoms with Crippen LogP contribution in [-0.4, -0.2) is 243 Å². The number of unbranched alkanes of at least 4 members (excludes halogenated alkanes) is 10. The fourth-order valence-corrected chi connectivity index (χ4v) is 6.01. The lowest BCUT2D eigenvalue weighted by Gasteiger charge is -2.28. The van der Waals surface area contributed by atoms with E-state index in [1.165, 1.54) is 115 Å². The van der Waals surface area contributed by atoms with E-state index in [9.17, 15) is 19.2 Å². The van der Waals surface area contributed by atoms with Crippen LogP contribution in [0.4, 0.5) is 5.95 Å². The second kappa shape index (κ2) is 89.9. The summed E-state index contributed by atoms with van der Waals surface area (Å²) in [6.07, 6.45) is 22.6. The van der Waals surface area contributed by atoms with E-state index >= 15 is 0 Å². The first-order valence-electron chi connectivity index (χ1n) is 27.5. The third kappa shape index (κ3) is 105. The van der Waals surface area contributed by atoms with Gasteiger partial charge in [-0.3, -0.25) is 33.9 Å². The second-order valence-electron chi connectivity index (χ2n) is 17.4. The zero-order chi connectivity index (χ0) is 56.2. The van der Waals surface area contributed by atoms with Crippen LogP contribution in [-0.2, 0) is 19.2 Å². The van der Waals surface area contributed by atoms with Gasteiger partial charge in [-0.2, -0.15) is 4.98 Å². The molecule has 0 atom stereocenters. The molecule has 0 fully saturated rings. The standard InChI is InChI=1S/C17H31N3O7.C8H14N4S.C7H17N.C6H14N2S.3C5H12.7Si/c1-3-4-5-18(11-15(22)23)6-7-19(12-16(24)25)8-9-20(10-14(2)21)13-17(26)27;1-3-4-5-9-7-10-6(2)11-8(13)12-7;1-3-5-7-8-6-4-2;1-3-4-5-8-6(9)7-2;3*1-3-5-4-2;;;;;;;/h3-13H2,1-2H3,(H,22,23)(H,24,25)(H,26,27);3-5H2,1-2H3,(H2,9,10,11,12,13);8H,3-7H2,1-2H3;3-5H2,1-2H3,(H2,7,8,9);3*3-5H2,1-2H3;;;;;;;. The maximum atomic E-state index is 11.3. The molecule has 28 radical (unpaired) electrons. The Morgan fingerprint density at radius 1 is 0.481 bits per heavy atom. The molecule has 0 saturated heterocycles. The summed E-state index contributed by atoms with van der Waals surface area (Å²) in [6, 6.07) is 0. The first kappa shape index (κ1) is 109. The van der Waals surface area contributed by atoms with Crippen LogP contribution in [0.15, 0.2) is 0 Å². The number of hydrogen-bond donors (Lipinski definition) is 8. The van der Waals surface area contributed by atoms with Gasteiger partial charge in [-0.05, 0) is 90.0 Å². The van der Waals surface area contributed by atoms with Gasteiger partial charge in [-0.25, -0.2) is 4.98 Å². The normalized spacial score (nSPS) is 9.08. The van der Waals surface area contributed by atoms with Crippen LogP contribution < -0.4 is 21.3 Å². The zero-order valence-electron chi connectivity index (χ0n) is 51.9. The highest BCUT2D eigenvalue weighted by Gasteiger charge is 2.17. The largest absolute Gasteiger partial charge is 0.480 e. The van der Waals surface area contributed by atoms with Crippen molar-refractivity contribution in [3.05, 3.63) is 10.6 Å². The molecule has 26 heteroatoms. The molecule has 0 amide bonds. The van der Waals surface area contributed by atoms with Gasteiger partial charge < -0.3 is 41.6 Å². The highest BCUT2D eigenvalue weighted by Crippen LogP contribution is 2.01. The van der Waals surface area contributed by atoms with Gasteiger partial charge >= 0.3 is 17.9 Å². The summed E-state index contributed by atoms with van der Waals surface area (Å²) in [4.78, 5) is 60.1. The Balaban J connectivity index is -0.0000000643. The SMILES string of the molecule is CCCCC.CCCCC.CCCCC.CCCCN(CCN(CCN(CC(C)=O)CC(=O)O)CC(=O)O)CC(=O)O.CCCCNC(=S)NC.CCCCNCCC.CCCCNc1nc(=S)nc(C)[nH]1.[Si].[Si].[Si].[Si].[Si].[Si].[Si]. The number of aryl methyl sites for hydroxylation is 1. The number of carbonyl (C=O) groups is 4. The summed E-state index contributed by atoms with van der Waals surface area (Å²) in [6.45, 7) is 32.6. The average Bonchev–Trinajstić information content (AvgIpc) is 3.31. The van der Waals surface area contributed by atoms with E-state index in [1.807, 2.05) is 20.9 Å². The summed E-state index contributed by atoms with van der Waals surface area (Å²) >= 11 is 9.73. The van der Waals surface area contributed by atoms with E-state index in [2.05, 4.69) is 105 Å². The second-order valence-corrected chi connectivity index (χ2v) is 18.1. The molecule has 8 N–H and O–H groups in total. The van der Waals surface area contributed by atoms with Crippen molar-refractivity contribution in [1.82, 2.24) is 45.6 Å². The minimum absolute atomic E-state index is 0. The van der Waals surface area contributed by atoms with Gasteiger partial charge in [-0.1, -0.05) is 160 Å². The van der Waals surface area contributed by atoms with Crippen molar-refractivity contribution in [2.75, 3.05) is 97.4 Å². The van der Waals surface area contributed by atoms with Gasteiger partial charge in [0.15, 0.2) is 5.11 Å². The first-order valence-corrected chi connectivity index (χ1v) is 28.3. The van der Waals surface area contributed by atoms with Crippen molar-refractivity contribution in [3.63, 3.8) is 0 Å². The Morgan fingerprint density at radius 3 is 1.16 bits per heavy atom. The molecule has 1 heterocycles. The number of anilines is 1. The molecule has 79 heavy (non-hydrogen) atoms. The number of carboxylic acid groups (broad SMARTS) is 3. The van der Waals surface area contributed by atoms with E-state index in [0.717, 1.165) is 49.7 Å². The molecular weight excluding hydrogens is 1150 g/mol. The quantitative estimate of drug-likeness (QED) is 0.0182. The number of carboxylic acids is 3. The van der Waals surface area contributed by atoms with Crippen LogP contribution in [0.2, 0.25) is 0 Å². The molecule has 0 unspecified atom stereocenters. The molecule has 1 aromatic heterocycles. The molecule has 1 rings (SSSR count). The van der Waals surface area contributed by atoms with E-state index in [1.54, 1.807) is 9.80 Å². The van der Waals surface area contributed by atoms with E-state index in [0.29, 0.717) is 30.4 Å². The predicted molar refractivity (Wildman–Crippen MR) is 352 cm³/mol. The number of aliphatic carboxylic acids is 3. The van der Waals surface area contributed by atoms with Crippen LogP contribution in [0.25, 0.3) is 0 Å². The fourth-order valence-electron chi connectivity index (χ4n) is 5.68. The number of nitrogens with zero attached hydrogens (tertiary/aromatic N) is 5. The number of H-pyrrole nitrogens is 1. The number of rotatable bonds is 35. The number of thiocarbonyl (C=S) groups is 1. The van der Waals surface area contributed by atoms with Gasteiger partial charge in [0.25, 0.3) is 0 Å². The smallest absolute Gasteiger partial charge is 0.317 e. The lowest BCUT2D eigenvalue weighted by atomic mass is 10.3. The predicted octanol–water partition coefficient (Wildman–Crippen LogP) is 8.18. The molecule has 0 aliphatic rings. The Labute approximate surface area is 526 Å². The first-order chi connectivity index (χ1) is 34.3. The highest BCUT2D eigenvalue weighted by atomic mass is 32.1. The zero-order valence-corrected chi connectivity index (χ0v) is 60.6. The van der Waals surface area contributed by atoms with Crippen LogP contribution >= 0.6 is 24.4 Å². The van der Waals surface area contributed by atoms with Crippen LogP contribution in [0.3, 0.4) is 0 Å². The average molecular weight is 1260 g/mol. The summed E-state index contributed by atoms with van der Waals surface area (Å²) in [5.74, 6) is -1.69. The maximum Gasteiger partial charge on any atom is 0.317 e. The van der Waals surface area contributed by atoms with Gasteiger partial charge in [0.05, 0.1) is 26.2 Å². The summed E-state index contributed by atoms with van der Waals surface area (Å²) in [5, 5.41) is 40.1. The third-order valence-electron chi connectivity index (χ3n) is 9.71. The van der Waals surface area contributed by atoms with Gasteiger partial charge in [-0.15, -0.1) is 0 Å². The third-order valence-corrected chi connectivity index (χ3v) is 10.2. The Bertz CT molecular complexity index is 1410. The number of nitrogens with one attached hydrogen (secondary N) is 5. The van der Waals surface area contributed by atoms with Crippen molar-refractivity contribution in [3.8, 4) is 0 Å². The van der Waals surface area contributed by atoms with Crippen molar-refractivity contribution >= 4 is 136 Å². The van der Waals surface area contributed by atoms with Crippen molar-refractivity contribution in [1.29, 1.82) is 0 Å². The Morgan fingerprint density at radius 2 is 0.835 bits per heavy atom. The lowest BCUT2D eigenvalue weighted by molar-refractivity contribution is -0.140. The van der Waals surface area contributed by atoms with Crippen LogP contribution in [0.1, 0.15) is 204 Å². The Kier molecular flexibility index (Phi) is 124. The molecule has 0 aliphatic carbocycles. The summed E-state index contributed by atoms with van der Waals surface area (Å²) < 4.78 is 0.384. The molecule has 456 valence electrons. The topological polar surface area (TPSA) is 228 Å². The number of aromatic nitrogens is 3. The van der Waals surface area contributed by atoms with Crippen LogP contribution in [0.5, 0.6) is 0 Å². The van der Waals surface area contributed by atoms with E-state index in [4.69, 9.17) is 39.8 Å². The number of hydrogen-bond acceptors (Lipinski definition) is 13. The highest BCUT2D eigenvalue weighted by molar-refractivity contribution is 7.80. The van der Waals surface area contributed by atoms with Gasteiger partial charge in [0.1, 0.15) is 11.6 Å². The number of ketones is 1. The molecule has 0 bridgehead atoms. The molecule has 0 spiro atoms. The summed E-state index contributed by atoms with van der Waals surface area (Å²) in [7, 11) is 1.82. The monoisotopic (exact) mass is 1260 g/mol. The fraction of sp³-hybridized carbons (Fsp3) is 0.849. The van der Waals surface area contributed by atoms with Gasteiger partial charge in [0, 0.05) is 123 Å². The lowest BCUT2D eigenvalue weighted by Crippen LogP contribution is -2.44. The number of Topliss-reactive ketones (excluding diaryl/α,β-unsaturated/α-hetero) is 1. The summed E-state index contributed by atoms with van der Waals surface area (Å²) in [5.41, 5.74) is 0. The molecule has 1 aromatic rings. The molecule has 0 aromatic carbocycles. The molecule has 0 saturated carbocycles. The Hall–Kier alpha value is -1.84. The van der Waals surface area contributed by atoms with E-state index in [-0.39, 0.29) is 122 Å². The number of carbonyl (C=O) groups excluding carboxylic acids is 1. The minimum atomic E-state index is -1.06. The molecular formula is C53H112N10O7S2Si7. The van der Waals surface area contributed by atoms with Gasteiger partial charge in [0.2, 0.25) is 10.7 Å². The van der Waals surface area contributed by atoms with Crippen LogP contribution in [0, 0.1) is 11.7 Å². The maximum absolute atomic E-state index is 11.3. The van der Waals surface area contributed by atoms with Crippen molar-refractivity contribution in [2.45, 2.75) is 206 Å². The van der Waals surface area contributed by atoms with Crippen molar-refractivity contribution in [2.24, 2.45) is 0 Å². The van der Waals surface area contributed by atoms with Crippen molar-refractivity contribution < 1.29 is 34.5 Å². The minimum Gasteiger partial charge on any atom is -0.480 e. The molecule has 0 aliphatic heterocycles. The molecule has 17 nitrogen and oxygen atoms in total. The number of aromatic amines is 1. The van der Waals surface area contributed by atoms with E-state index < -0.39 is 17.9 Å².